The summed E-state index contributed by atoms with van der Waals surface area (Å²) >= 11 is 0. The van der Waals surface area contributed by atoms with Gasteiger partial charge in [0.2, 0.25) is 5.91 Å². The zero-order valence-corrected chi connectivity index (χ0v) is 12.5. The van der Waals surface area contributed by atoms with Crippen molar-refractivity contribution in [2.24, 2.45) is 11.1 Å². The average Bonchev–Trinajstić information content (AvgIpc) is 2.12. The van der Waals surface area contributed by atoms with Crippen LogP contribution in [0.4, 0.5) is 0 Å². The fourth-order valence-corrected chi connectivity index (χ4v) is 2.51. The van der Waals surface area contributed by atoms with E-state index in [1.165, 1.54) is 0 Å². The smallest absolute Gasteiger partial charge is 0.224 e. The summed E-state index contributed by atoms with van der Waals surface area (Å²) in [5, 5.41) is 0. The van der Waals surface area contributed by atoms with E-state index < -0.39 is 0 Å². The zero-order valence-electron chi connectivity index (χ0n) is 12.5. The van der Waals surface area contributed by atoms with Gasteiger partial charge in [-0.25, -0.2) is 0 Å². The highest BCUT2D eigenvalue weighted by Crippen LogP contribution is 2.24. The molecule has 1 atom stereocenters. The number of nitrogens with zero attached hydrogens (tertiary/aromatic N) is 1. The molecule has 1 fully saturated rings. The van der Waals surface area contributed by atoms with E-state index in [1.807, 2.05) is 18.7 Å². The summed E-state index contributed by atoms with van der Waals surface area (Å²) in [6.07, 6.45) is 1.30. The van der Waals surface area contributed by atoms with Crippen molar-refractivity contribution in [3.63, 3.8) is 0 Å². The Labute approximate surface area is 111 Å². The summed E-state index contributed by atoms with van der Waals surface area (Å²) in [4.78, 5) is 14.2. The van der Waals surface area contributed by atoms with Gasteiger partial charge in [0.25, 0.3) is 0 Å². The number of amides is 1. The predicted molar refractivity (Wildman–Crippen MR) is 73.3 cm³/mol. The Kier molecular flexibility index (Phi) is 4.78. The molecule has 1 aliphatic rings. The summed E-state index contributed by atoms with van der Waals surface area (Å²) in [5.74, 6) is 0.153. The fourth-order valence-electron chi connectivity index (χ4n) is 2.51. The first-order chi connectivity index (χ1) is 8.12. The van der Waals surface area contributed by atoms with E-state index in [9.17, 15) is 4.79 Å². The van der Waals surface area contributed by atoms with Crippen molar-refractivity contribution in [1.82, 2.24) is 4.90 Å². The molecule has 0 aromatic carbocycles. The Balaban J connectivity index is 2.54. The molecule has 1 rings (SSSR count). The third-order valence-electron chi connectivity index (χ3n) is 3.26. The second-order valence-corrected chi connectivity index (χ2v) is 7.14. The second-order valence-electron chi connectivity index (χ2n) is 7.14. The van der Waals surface area contributed by atoms with Crippen LogP contribution in [0, 0.1) is 5.41 Å². The highest BCUT2D eigenvalue weighted by Gasteiger charge is 2.34. The van der Waals surface area contributed by atoms with Crippen LogP contribution in [0.2, 0.25) is 0 Å². The number of nitrogens with two attached hydrogens (primary N) is 1. The number of rotatable bonds is 3. The van der Waals surface area contributed by atoms with Gasteiger partial charge in [-0.1, -0.05) is 20.8 Å². The van der Waals surface area contributed by atoms with E-state index in [4.69, 9.17) is 10.5 Å². The molecular formula is C14H28N2O2. The van der Waals surface area contributed by atoms with Gasteiger partial charge in [0, 0.05) is 19.0 Å². The fraction of sp³-hybridized carbons (Fsp3) is 0.929. The van der Waals surface area contributed by atoms with Crippen molar-refractivity contribution in [2.75, 3.05) is 19.8 Å². The Morgan fingerprint density at radius 3 is 2.56 bits per heavy atom. The van der Waals surface area contributed by atoms with Crippen molar-refractivity contribution in [3.8, 4) is 0 Å². The molecule has 1 amide bonds. The monoisotopic (exact) mass is 256 g/mol. The largest absolute Gasteiger partial charge is 0.377 e. The van der Waals surface area contributed by atoms with E-state index in [1.54, 1.807) is 0 Å². The van der Waals surface area contributed by atoms with Crippen LogP contribution < -0.4 is 5.73 Å². The quantitative estimate of drug-likeness (QED) is 0.837. The summed E-state index contributed by atoms with van der Waals surface area (Å²) in [6, 6.07) is -0.0591. The molecule has 4 nitrogen and oxygen atoms in total. The van der Waals surface area contributed by atoms with Crippen LogP contribution in [0.25, 0.3) is 0 Å². The summed E-state index contributed by atoms with van der Waals surface area (Å²) < 4.78 is 5.43. The van der Waals surface area contributed by atoms with Gasteiger partial charge in [0.05, 0.1) is 18.8 Å². The Bertz CT molecular complexity index is 295. The van der Waals surface area contributed by atoms with Crippen LogP contribution in [0.15, 0.2) is 0 Å². The maximum atomic E-state index is 12.3. The first-order valence-corrected chi connectivity index (χ1v) is 6.76. The summed E-state index contributed by atoms with van der Waals surface area (Å²) in [7, 11) is 0. The topological polar surface area (TPSA) is 55.6 Å². The second kappa shape index (κ2) is 5.57. The van der Waals surface area contributed by atoms with Gasteiger partial charge in [0.1, 0.15) is 0 Å². The molecule has 0 saturated carbocycles. The van der Waals surface area contributed by atoms with E-state index in [0.717, 1.165) is 6.42 Å². The van der Waals surface area contributed by atoms with Crippen molar-refractivity contribution >= 4 is 5.91 Å². The molecule has 1 heterocycles. The average molecular weight is 256 g/mol. The third kappa shape index (κ3) is 4.58. The number of carbonyl (C=O) groups is 1. The summed E-state index contributed by atoms with van der Waals surface area (Å²) in [5.41, 5.74) is 6.03. The van der Waals surface area contributed by atoms with E-state index >= 15 is 0 Å². The maximum Gasteiger partial charge on any atom is 0.224 e. The molecule has 1 aliphatic heterocycles. The van der Waals surface area contributed by atoms with Crippen LogP contribution in [-0.4, -0.2) is 42.1 Å². The lowest BCUT2D eigenvalue weighted by molar-refractivity contribution is -0.146. The molecule has 0 aromatic heterocycles. The van der Waals surface area contributed by atoms with Gasteiger partial charge in [-0.2, -0.15) is 0 Å². The van der Waals surface area contributed by atoms with E-state index in [-0.39, 0.29) is 22.9 Å². The molecule has 2 N–H and O–H groups in total. The normalized spacial score (nSPS) is 21.8. The minimum absolute atomic E-state index is 0.0591. The number of hydrogen-bond donors (Lipinski definition) is 1. The van der Waals surface area contributed by atoms with Crippen LogP contribution in [0.5, 0.6) is 0 Å². The molecule has 0 radical (unpaired) electrons. The van der Waals surface area contributed by atoms with Crippen molar-refractivity contribution in [3.05, 3.63) is 0 Å². The van der Waals surface area contributed by atoms with Gasteiger partial charge in [0.15, 0.2) is 0 Å². The lowest BCUT2D eigenvalue weighted by Crippen LogP contribution is -2.56. The molecule has 0 bridgehead atoms. The Morgan fingerprint density at radius 1 is 1.44 bits per heavy atom. The molecule has 1 unspecified atom stereocenters. The van der Waals surface area contributed by atoms with Gasteiger partial charge in [-0.05, 0) is 25.7 Å². The first kappa shape index (κ1) is 15.4. The molecule has 0 aliphatic carbocycles. The van der Waals surface area contributed by atoms with Gasteiger partial charge >= 0.3 is 0 Å². The minimum atomic E-state index is -0.212. The minimum Gasteiger partial charge on any atom is -0.377 e. The molecule has 4 heteroatoms. The van der Waals surface area contributed by atoms with Gasteiger partial charge < -0.3 is 15.4 Å². The predicted octanol–water partition coefficient (Wildman–Crippen LogP) is 1.78. The van der Waals surface area contributed by atoms with Crippen LogP contribution in [0.1, 0.15) is 47.5 Å². The van der Waals surface area contributed by atoms with E-state index in [2.05, 4.69) is 20.8 Å². The zero-order chi connectivity index (χ0) is 14.0. The van der Waals surface area contributed by atoms with Crippen molar-refractivity contribution in [2.45, 2.75) is 59.0 Å². The lowest BCUT2D eigenvalue weighted by Gasteiger charge is -2.42. The van der Waals surface area contributed by atoms with E-state index in [0.29, 0.717) is 26.2 Å². The molecule has 0 spiro atoms. The van der Waals surface area contributed by atoms with Crippen LogP contribution in [-0.2, 0) is 9.53 Å². The van der Waals surface area contributed by atoms with Crippen LogP contribution in [0.3, 0.4) is 0 Å². The highest BCUT2D eigenvalue weighted by atomic mass is 16.5. The Hall–Kier alpha value is -0.610. The third-order valence-corrected chi connectivity index (χ3v) is 3.26. The molecule has 18 heavy (non-hydrogen) atoms. The number of ether oxygens (including phenoxy) is 1. The standard InChI is InChI=1S/C14H28N2O2/c1-13(2,3)9-11(15)8-12(17)16-6-7-18-10-14(16,4)5/h11H,6-10,15H2,1-5H3. The van der Waals surface area contributed by atoms with Gasteiger partial charge in [-0.3, -0.25) is 4.79 Å². The van der Waals surface area contributed by atoms with Crippen LogP contribution >= 0.6 is 0 Å². The maximum absolute atomic E-state index is 12.3. The molecular weight excluding hydrogens is 228 g/mol. The summed E-state index contributed by atoms with van der Waals surface area (Å²) in [6.45, 7) is 12.4. The van der Waals surface area contributed by atoms with Gasteiger partial charge in [-0.15, -0.1) is 0 Å². The molecule has 0 aromatic rings. The SMILES string of the molecule is CC(C)(C)CC(N)CC(=O)N1CCOCC1(C)C. The highest BCUT2D eigenvalue weighted by molar-refractivity contribution is 5.77. The molecule has 1 saturated heterocycles. The number of morpholine rings is 1. The van der Waals surface area contributed by atoms with Crippen molar-refractivity contribution < 1.29 is 9.53 Å². The van der Waals surface area contributed by atoms with Crippen molar-refractivity contribution in [1.29, 1.82) is 0 Å². The number of carbonyl (C=O) groups excluding carboxylic acids is 1. The number of hydrogen-bond acceptors (Lipinski definition) is 3. The molecule has 106 valence electrons. The first-order valence-electron chi connectivity index (χ1n) is 6.76. The lowest BCUT2D eigenvalue weighted by atomic mass is 9.87. The Morgan fingerprint density at radius 2 is 2.06 bits per heavy atom.